The van der Waals surface area contributed by atoms with Gasteiger partial charge in [-0.25, -0.2) is 4.90 Å². The molecule has 0 unspecified atom stereocenters. The van der Waals surface area contributed by atoms with Crippen molar-refractivity contribution in [3.05, 3.63) is 94.1 Å². The number of anilines is 3. The van der Waals surface area contributed by atoms with Gasteiger partial charge in [0.25, 0.3) is 17.7 Å². The van der Waals surface area contributed by atoms with Gasteiger partial charge >= 0.3 is 0 Å². The van der Waals surface area contributed by atoms with E-state index >= 15 is 0 Å². The van der Waals surface area contributed by atoms with Gasteiger partial charge in [0.1, 0.15) is 16.5 Å². The van der Waals surface area contributed by atoms with E-state index in [2.05, 4.69) is 10.6 Å². The SMILES string of the molecule is CCOc1ccccc1NC(=O)c1cccc(NC2=C(Cl)C(=O)N(c3ccccc3Cl)C2=O)c1. The Morgan fingerprint density at radius 1 is 0.941 bits per heavy atom. The molecule has 0 saturated heterocycles. The first kappa shape index (κ1) is 23.4. The highest BCUT2D eigenvalue weighted by atomic mass is 35.5. The number of benzene rings is 3. The second-order valence-electron chi connectivity index (χ2n) is 7.18. The van der Waals surface area contributed by atoms with Crippen LogP contribution >= 0.6 is 23.2 Å². The topological polar surface area (TPSA) is 87.7 Å². The number of hydrogen-bond donors (Lipinski definition) is 2. The van der Waals surface area contributed by atoms with Crippen LogP contribution in [-0.4, -0.2) is 24.3 Å². The monoisotopic (exact) mass is 495 g/mol. The van der Waals surface area contributed by atoms with Gasteiger partial charge in [-0.1, -0.05) is 53.5 Å². The van der Waals surface area contributed by atoms with Crippen LogP contribution in [0.1, 0.15) is 17.3 Å². The molecule has 0 aliphatic carbocycles. The molecule has 3 aromatic rings. The average molecular weight is 496 g/mol. The number of nitrogens with one attached hydrogen (secondary N) is 2. The maximum absolute atomic E-state index is 13.0. The third-order valence-electron chi connectivity index (χ3n) is 4.95. The number of ether oxygens (including phenoxy) is 1. The van der Waals surface area contributed by atoms with E-state index in [1.165, 1.54) is 0 Å². The lowest BCUT2D eigenvalue weighted by Gasteiger charge is -2.16. The van der Waals surface area contributed by atoms with Gasteiger partial charge in [-0.05, 0) is 49.4 Å². The molecule has 1 aliphatic heterocycles. The van der Waals surface area contributed by atoms with Gasteiger partial charge in [-0.3, -0.25) is 14.4 Å². The minimum atomic E-state index is -0.691. The van der Waals surface area contributed by atoms with E-state index < -0.39 is 11.8 Å². The van der Waals surface area contributed by atoms with Gasteiger partial charge in [-0.15, -0.1) is 0 Å². The highest BCUT2D eigenvalue weighted by Crippen LogP contribution is 2.34. The molecule has 0 bridgehead atoms. The van der Waals surface area contributed by atoms with Crippen LogP contribution in [0.4, 0.5) is 17.1 Å². The Balaban J connectivity index is 1.55. The van der Waals surface area contributed by atoms with Crippen molar-refractivity contribution in [1.82, 2.24) is 0 Å². The van der Waals surface area contributed by atoms with Crippen molar-refractivity contribution in [3.63, 3.8) is 0 Å². The standard InChI is InChI=1S/C25H19Cl2N3O4/c1-2-34-20-13-6-4-11-18(20)29-23(31)15-8-7-9-16(14-15)28-22-21(27)24(32)30(25(22)33)19-12-5-3-10-17(19)26/h3-14,28H,2H2,1H3,(H,29,31). The molecule has 1 aliphatic rings. The van der Waals surface area contributed by atoms with Crippen LogP contribution in [0.25, 0.3) is 0 Å². The molecule has 0 atom stereocenters. The molecule has 0 saturated carbocycles. The van der Waals surface area contributed by atoms with Crippen LogP contribution in [0.5, 0.6) is 5.75 Å². The summed E-state index contributed by atoms with van der Waals surface area (Å²) in [5, 5.41) is 5.65. The van der Waals surface area contributed by atoms with Crippen LogP contribution in [0.15, 0.2) is 83.5 Å². The third-order valence-corrected chi connectivity index (χ3v) is 5.62. The molecule has 9 heteroatoms. The zero-order chi connectivity index (χ0) is 24.2. The fourth-order valence-electron chi connectivity index (χ4n) is 3.39. The van der Waals surface area contributed by atoms with Crippen molar-refractivity contribution in [1.29, 1.82) is 0 Å². The van der Waals surface area contributed by atoms with Gasteiger partial charge in [0.15, 0.2) is 0 Å². The molecule has 0 spiro atoms. The molecule has 34 heavy (non-hydrogen) atoms. The minimum absolute atomic E-state index is 0.106. The first-order chi connectivity index (χ1) is 16.4. The van der Waals surface area contributed by atoms with Gasteiger partial charge in [0.2, 0.25) is 0 Å². The van der Waals surface area contributed by atoms with Crippen LogP contribution in [-0.2, 0) is 9.59 Å². The fourth-order valence-corrected chi connectivity index (χ4v) is 3.82. The maximum atomic E-state index is 13.0. The fraction of sp³-hybridized carbons (Fsp3) is 0.0800. The average Bonchev–Trinajstić information content (AvgIpc) is 3.04. The van der Waals surface area contributed by atoms with Crippen molar-refractivity contribution in [2.45, 2.75) is 6.92 Å². The Morgan fingerprint density at radius 2 is 1.68 bits per heavy atom. The number of halogens is 2. The quantitative estimate of drug-likeness (QED) is 0.426. The molecule has 1 heterocycles. The summed E-state index contributed by atoms with van der Waals surface area (Å²) in [5.74, 6) is -1.16. The molecular weight excluding hydrogens is 477 g/mol. The summed E-state index contributed by atoms with van der Waals surface area (Å²) in [7, 11) is 0. The second-order valence-corrected chi connectivity index (χ2v) is 7.96. The maximum Gasteiger partial charge on any atom is 0.283 e. The number of carbonyl (C=O) groups is 3. The van der Waals surface area contributed by atoms with Crippen molar-refractivity contribution < 1.29 is 19.1 Å². The Bertz CT molecular complexity index is 1320. The minimum Gasteiger partial charge on any atom is -0.492 e. The Morgan fingerprint density at radius 3 is 2.44 bits per heavy atom. The molecular formula is C25H19Cl2N3O4. The lowest BCUT2D eigenvalue weighted by molar-refractivity contribution is -0.120. The summed E-state index contributed by atoms with van der Waals surface area (Å²) in [6.45, 7) is 2.32. The van der Waals surface area contributed by atoms with Gasteiger partial charge in [0, 0.05) is 11.3 Å². The molecule has 3 amide bonds. The lowest BCUT2D eigenvalue weighted by Crippen LogP contribution is -2.32. The predicted molar refractivity (Wildman–Crippen MR) is 132 cm³/mol. The van der Waals surface area contributed by atoms with Crippen molar-refractivity contribution in [3.8, 4) is 5.75 Å². The zero-order valence-corrected chi connectivity index (χ0v) is 19.5. The molecule has 2 N–H and O–H groups in total. The summed E-state index contributed by atoms with van der Waals surface area (Å²) < 4.78 is 5.54. The van der Waals surface area contributed by atoms with E-state index in [4.69, 9.17) is 27.9 Å². The number of hydrogen-bond acceptors (Lipinski definition) is 5. The van der Waals surface area contributed by atoms with E-state index in [1.54, 1.807) is 66.7 Å². The molecule has 172 valence electrons. The van der Waals surface area contributed by atoms with E-state index in [0.717, 1.165) is 4.90 Å². The van der Waals surface area contributed by atoms with E-state index in [9.17, 15) is 14.4 Å². The van der Waals surface area contributed by atoms with Crippen LogP contribution < -0.4 is 20.3 Å². The second kappa shape index (κ2) is 9.99. The first-order valence-corrected chi connectivity index (χ1v) is 11.1. The summed E-state index contributed by atoms with van der Waals surface area (Å²) >= 11 is 12.4. The third kappa shape index (κ3) is 4.62. The largest absolute Gasteiger partial charge is 0.492 e. The molecule has 4 rings (SSSR count). The lowest BCUT2D eigenvalue weighted by atomic mass is 10.1. The van der Waals surface area contributed by atoms with Crippen molar-refractivity contribution in [2.75, 3.05) is 22.1 Å². The molecule has 0 radical (unpaired) electrons. The summed E-state index contributed by atoms with van der Waals surface area (Å²) in [4.78, 5) is 39.4. The van der Waals surface area contributed by atoms with E-state index in [-0.39, 0.29) is 27.3 Å². The Hall–Kier alpha value is -3.81. The highest BCUT2D eigenvalue weighted by Gasteiger charge is 2.39. The predicted octanol–water partition coefficient (Wildman–Crippen LogP) is 5.43. The van der Waals surface area contributed by atoms with Gasteiger partial charge < -0.3 is 15.4 Å². The smallest absolute Gasteiger partial charge is 0.283 e. The summed E-state index contributed by atoms with van der Waals surface area (Å²) in [6.07, 6.45) is 0. The van der Waals surface area contributed by atoms with E-state index in [0.29, 0.717) is 29.3 Å². The number of rotatable bonds is 7. The van der Waals surface area contributed by atoms with Crippen molar-refractivity contribution >= 4 is 58.0 Å². The highest BCUT2D eigenvalue weighted by molar-refractivity contribution is 6.53. The van der Waals surface area contributed by atoms with Gasteiger partial charge in [0.05, 0.1) is 23.0 Å². The van der Waals surface area contributed by atoms with Crippen LogP contribution in [0.2, 0.25) is 5.02 Å². The van der Waals surface area contributed by atoms with Gasteiger partial charge in [-0.2, -0.15) is 0 Å². The van der Waals surface area contributed by atoms with Crippen LogP contribution in [0, 0.1) is 0 Å². The number of amides is 3. The zero-order valence-electron chi connectivity index (χ0n) is 18.0. The van der Waals surface area contributed by atoms with Crippen LogP contribution in [0.3, 0.4) is 0 Å². The Labute approximate surface area is 205 Å². The number of nitrogens with zero attached hydrogens (tertiary/aromatic N) is 1. The number of para-hydroxylation sites is 3. The molecule has 0 fully saturated rings. The normalized spacial score (nSPS) is 13.3. The molecule has 3 aromatic carbocycles. The summed E-state index contributed by atoms with van der Waals surface area (Å²) in [6, 6.07) is 20.0. The summed E-state index contributed by atoms with van der Waals surface area (Å²) in [5.41, 5.74) is 1.39. The molecule has 0 aromatic heterocycles. The Kier molecular flexibility index (Phi) is 6.86. The molecule has 7 nitrogen and oxygen atoms in total. The number of carbonyl (C=O) groups excluding carboxylic acids is 3. The van der Waals surface area contributed by atoms with Crippen molar-refractivity contribution in [2.24, 2.45) is 0 Å². The van der Waals surface area contributed by atoms with E-state index in [1.807, 2.05) is 13.0 Å². The first-order valence-electron chi connectivity index (χ1n) is 10.3. The number of imide groups is 1.